The van der Waals surface area contributed by atoms with Gasteiger partial charge >= 0.3 is 0 Å². The molecule has 2 N–H and O–H groups in total. The number of amides is 2. The van der Waals surface area contributed by atoms with Crippen LogP contribution < -0.4 is 5.73 Å². The molecule has 0 radical (unpaired) electrons. The molecule has 2 amide bonds. The van der Waals surface area contributed by atoms with Crippen molar-refractivity contribution in [2.75, 3.05) is 13.1 Å². The summed E-state index contributed by atoms with van der Waals surface area (Å²) in [6.45, 7) is 3.42. The molecule has 0 aliphatic carbocycles. The first-order valence-electron chi connectivity index (χ1n) is 6.89. The van der Waals surface area contributed by atoms with Gasteiger partial charge < -0.3 is 10.6 Å². The van der Waals surface area contributed by atoms with Gasteiger partial charge in [-0.15, -0.1) is 0 Å². The van der Waals surface area contributed by atoms with Crippen molar-refractivity contribution in [3.05, 3.63) is 33.8 Å². The monoisotopic (exact) mass is 328 g/mol. The van der Waals surface area contributed by atoms with Crippen LogP contribution in [0.4, 0.5) is 0 Å². The molecule has 0 saturated carbocycles. The molecule has 2 rings (SSSR count). The molecule has 2 atom stereocenters. The van der Waals surface area contributed by atoms with Crippen molar-refractivity contribution in [3.63, 3.8) is 0 Å². The Bertz CT molecular complexity index is 563. The van der Waals surface area contributed by atoms with Crippen LogP contribution in [0.15, 0.2) is 18.2 Å². The lowest BCUT2D eigenvalue weighted by Crippen LogP contribution is -2.29. The molecule has 1 heterocycles. The van der Waals surface area contributed by atoms with E-state index in [0.29, 0.717) is 29.1 Å². The Labute approximate surface area is 134 Å². The van der Waals surface area contributed by atoms with E-state index in [4.69, 9.17) is 28.9 Å². The number of hydrogen-bond acceptors (Lipinski definition) is 2. The summed E-state index contributed by atoms with van der Waals surface area (Å²) in [5.41, 5.74) is 6.16. The van der Waals surface area contributed by atoms with Gasteiger partial charge in [0, 0.05) is 31.8 Å². The van der Waals surface area contributed by atoms with Gasteiger partial charge in [-0.2, -0.15) is 0 Å². The summed E-state index contributed by atoms with van der Waals surface area (Å²) in [6.07, 6.45) is 0.275. The van der Waals surface area contributed by atoms with E-state index in [0.717, 1.165) is 5.56 Å². The summed E-state index contributed by atoms with van der Waals surface area (Å²) in [7, 11) is 0. The van der Waals surface area contributed by atoms with Gasteiger partial charge in [-0.05, 0) is 23.6 Å². The molecule has 0 spiro atoms. The van der Waals surface area contributed by atoms with Crippen LogP contribution in [-0.2, 0) is 9.59 Å². The topological polar surface area (TPSA) is 63.4 Å². The molecule has 0 aromatic heterocycles. The van der Waals surface area contributed by atoms with Crippen molar-refractivity contribution in [1.82, 2.24) is 4.90 Å². The van der Waals surface area contributed by atoms with Gasteiger partial charge in [0.2, 0.25) is 11.8 Å². The summed E-state index contributed by atoms with van der Waals surface area (Å²) in [5, 5.41) is 1.06. The van der Waals surface area contributed by atoms with Crippen molar-refractivity contribution in [2.24, 2.45) is 11.7 Å². The molecule has 1 aliphatic rings. The lowest BCUT2D eigenvalue weighted by molar-refractivity contribution is -0.132. The van der Waals surface area contributed by atoms with Crippen LogP contribution in [-0.4, -0.2) is 29.8 Å². The number of nitrogens with zero attached hydrogens (tertiary/aromatic N) is 1. The highest BCUT2D eigenvalue weighted by Crippen LogP contribution is 2.35. The fraction of sp³-hybridized carbons (Fsp3) is 0.467. The maximum atomic E-state index is 12.1. The van der Waals surface area contributed by atoms with Gasteiger partial charge in [-0.25, -0.2) is 0 Å². The third-order valence-corrected chi connectivity index (χ3v) is 4.66. The van der Waals surface area contributed by atoms with Gasteiger partial charge in [0.1, 0.15) is 0 Å². The first kappa shape index (κ1) is 16.1. The molecule has 1 aliphatic heterocycles. The second-order valence-corrected chi connectivity index (χ2v) is 6.34. The summed E-state index contributed by atoms with van der Waals surface area (Å²) >= 11 is 12.0. The second-order valence-electron chi connectivity index (χ2n) is 5.52. The molecule has 114 valence electrons. The number of benzene rings is 1. The van der Waals surface area contributed by atoms with Crippen LogP contribution in [0.3, 0.4) is 0 Å². The lowest BCUT2D eigenvalue weighted by atomic mass is 9.90. The molecule has 1 aromatic carbocycles. The summed E-state index contributed by atoms with van der Waals surface area (Å²) in [6, 6.07) is 5.60. The van der Waals surface area contributed by atoms with Crippen molar-refractivity contribution in [1.29, 1.82) is 0 Å². The van der Waals surface area contributed by atoms with Crippen LogP contribution in [0.25, 0.3) is 0 Å². The maximum Gasteiger partial charge on any atom is 0.223 e. The fourth-order valence-electron chi connectivity index (χ4n) is 2.74. The average molecular weight is 329 g/mol. The summed E-state index contributed by atoms with van der Waals surface area (Å²) in [5.74, 6) is 0.0944. The van der Waals surface area contributed by atoms with E-state index in [2.05, 4.69) is 6.92 Å². The average Bonchev–Trinajstić information content (AvgIpc) is 2.81. The van der Waals surface area contributed by atoms with Crippen molar-refractivity contribution < 1.29 is 9.59 Å². The van der Waals surface area contributed by atoms with E-state index >= 15 is 0 Å². The van der Waals surface area contributed by atoms with Gasteiger partial charge in [0.15, 0.2) is 0 Å². The molecular formula is C15H18Cl2N2O2. The summed E-state index contributed by atoms with van der Waals surface area (Å²) < 4.78 is 0. The van der Waals surface area contributed by atoms with Gasteiger partial charge in [0.25, 0.3) is 0 Å². The third-order valence-electron chi connectivity index (χ3n) is 3.92. The van der Waals surface area contributed by atoms with E-state index < -0.39 is 5.91 Å². The van der Waals surface area contributed by atoms with Crippen molar-refractivity contribution in [2.45, 2.75) is 25.7 Å². The van der Waals surface area contributed by atoms with E-state index in [1.54, 1.807) is 11.0 Å². The molecule has 1 aromatic rings. The lowest BCUT2D eigenvalue weighted by Gasteiger charge is -2.16. The standard InChI is InChI=1S/C15H18Cl2N2O2/c1-9-7-19(15(21)5-4-14(18)20)8-11(9)10-2-3-12(16)13(17)6-10/h2-3,6,9,11H,4-5,7-8H2,1H3,(H2,18,20)/t9-,11-/m0/s1. The number of carbonyl (C=O) groups excluding carboxylic acids is 2. The van der Waals surface area contributed by atoms with Crippen LogP contribution >= 0.6 is 23.2 Å². The number of primary amides is 1. The minimum atomic E-state index is -0.448. The predicted molar refractivity (Wildman–Crippen MR) is 83.4 cm³/mol. The Balaban J connectivity index is 2.05. The number of halogens is 2. The smallest absolute Gasteiger partial charge is 0.223 e. The van der Waals surface area contributed by atoms with Crippen molar-refractivity contribution >= 4 is 35.0 Å². The zero-order valence-electron chi connectivity index (χ0n) is 11.8. The van der Waals surface area contributed by atoms with Crippen LogP contribution in [0.5, 0.6) is 0 Å². The highest BCUT2D eigenvalue weighted by Gasteiger charge is 2.33. The third kappa shape index (κ3) is 3.89. The Hall–Kier alpha value is -1.26. The van der Waals surface area contributed by atoms with Crippen LogP contribution in [0.2, 0.25) is 10.0 Å². The largest absolute Gasteiger partial charge is 0.370 e. The van der Waals surface area contributed by atoms with E-state index in [9.17, 15) is 9.59 Å². The Morgan fingerprint density at radius 2 is 1.95 bits per heavy atom. The molecular weight excluding hydrogens is 311 g/mol. The van der Waals surface area contributed by atoms with Crippen LogP contribution in [0, 0.1) is 5.92 Å². The first-order valence-corrected chi connectivity index (χ1v) is 7.65. The Morgan fingerprint density at radius 1 is 1.24 bits per heavy atom. The number of carbonyl (C=O) groups is 2. The molecule has 0 unspecified atom stereocenters. The fourth-order valence-corrected chi connectivity index (χ4v) is 3.04. The minimum absolute atomic E-state index is 0.0248. The molecule has 0 bridgehead atoms. The maximum absolute atomic E-state index is 12.1. The SMILES string of the molecule is C[C@H]1CN(C(=O)CCC(N)=O)C[C@@H]1c1ccc(Cl)c(Cl)c1. The highest BCUT2D eigenvalue weighted by molar-refractivity contribution is 6.42. The molecule has 1 saturated heterocycles. The predicted octanol–water partition coefficient (Wildman–Crippen LogP) is 2.82. The number of likely N-dealkylation sites (tertiary alicyclic amines) is 1. The van der Waals surface area contributed by atoms with E-state index in [1.165, 1.54) is 0 Å². The number of rotatable bonds is 4. The van der Waals surface area contributed by atoms with E-state index in [-0.39, 0.29) is 24.7 Å². The molecule has 1 fully saturated rings. The Morgan fingerprint density at radius 3 is 2.57 bits per heavy atom. The zero-order valence-corrected chi connectivity index (χ0v) is 13.3. The molecule has 21 heavy (non-hydrogen) atoms. The van der Waals surface area contributed by atoms with Gasteiger partial charge in [0.05, 0.1) is 10.0 Å². The van der Waals surface area contributed by atoms with Gasteiger partial charge in [-0.1, -0.05) is 36.2 Å². The van der Waals surface area contributed by atoms with Gasteiger partial charge in [-0.3, -0.25) is 9.59 Å². The highest BCUT2D eigenvalue weighted by atomic mass is 35.5. The zero-order chi connectivity index (χ0) is 15.6. The Kier molecular flexibility index (Phi) is 5.12. The number of nitrogens with two attached hydrogens (primary N) is 1. The quantitative estimate of drug-likeness (QED) is 0.923. The van der Waals surface area contributed by atoms with E-state index in [1.807, 2.05) is 12.1 Å². The minimum Gasteiger partial charge on any atom is -0.370 e. The first-order chi connectivity index (χ1) is 9.88. The summed E-state index contributed by atoms with van der Waals surface area (Å²) in [4.78, 5) is 24.6. The normalized spacial score (nSPS) is 21.6. The van der Waals surface area contributed by atoms with Crippen LogP contribution in [0.1, 0.15) is 31.2 Å². The molecule has 4 nitrogen and oxygen atoms in total. The van der Waals surface area contributed by atoms with Crippen molar-refractivity contribution in [3.8, 4) is 0 Å². The molecule has 6 heteroatoms. The number of hydrogen-bond donors (Lipinski definition) is 1. The second kappa shape index (κ2) is 6.67.